The lowest BCUT2D eigenvalue weighted by atomic mass is 10.1. The molecule has 0 heterocycles. The Hall–Kier alpha value is -1.95. The van der Waals surface area contributed by atoms with Crippen LogP contribution < -0.4 is 9.47 Å². The van der Waals surface area contributed by atoms with Crippen molar-refractivity contribution in [2.24, 2.45) is 0 Å². The molecular weight excluding hydrogens is 312 g/mol. The predicted octanol–water partition coefficient (Wildman–Crippen LogP) is 5.05. The lowest BCUT2D eigenvalue weighted by Gasteiger charge is -2.10. The maximum absolute atomic E-state index is 13.5. The minimum absolute atomic E-state index is 0.0480. The number of alkyl halides is 3. The number of hydrogen-bond donors (Lipinski definition) is 0. The van der Waals surface area contributed by atoms with Gasteiger partial charge in [-0.15, -0.1) is 13.2 Å². The maximum Gasteiger partial charge on any atom is 0.573 e. The molecule has 0 saturated carbocycles. The minimum Gasteiger partial charge on any atom is -0.494 e. The van der Waals surface area contributed by atoms with Crippen LogP contribution in [0, 0.1) is 5.82 Å². The molecule has 2 aromatic carbocycles. The first kappa shape index (κ1) is 15.4. The lowest BCUT2D eigenvalue weighted by Crippen LogP contribution is -2.16. The Morgan fingerprint density at radius 3 is 2.14 bits per heavy atom. The molecule has 2 aromatic rings. The van der Waals surface area contributed by atoms with E-state index in [1.54, 1.807) is 0 Å². The third-order valence-corrected chi connectivity index (χ3v) is 2.91. The van der Waals surface area contributed by atoms with Crippen molar-refractivity contribution in [2.45, 2.75) is 6.36 Å². The molecule has 0 unspecified atom stereocenters. The molecular formula is C14H9ClF4O2. The highest BCUT2D eigenvalue weighted by molar-refractivity contribution is 6.31. The Bertz CT molecular complexity index is 639. The van der Waals surface area contributed by atoms with Gasteiger partial charge in [-0.2, -0.15) is 0 Å². The highest BCUT2D eigenvalue weighted by atomic mass is 35.5. The maximum atomic E-state index is 13.5. The quantitative estimate of drug-likeness (QED) is 0.736. The Morgan fingerprint density at radius 1 is 1.00 bits per heavy atom. The van der Waals surface area contributed by atoms with Crippen LogP contribution in [0.1, 0.15) is 0 Å². The van der Waals surface area contributed by atoms with Crippen molar-refractivity contribution in [2.75, 3.05) is 7.11 Å². The first-order valence-corrected chi connectivity index (χ1v) is 6.07. The molecule has 0 atom stereocenters. The van der Waals surface area contributed by atoms with E-state index >= 15 is 0 Å². The summed E-state index contributed by atoms with van der Waals surface area (Å²) in [5, 5.41) is -0.139. The van der Waals surface area contributed by atoms with E-state index in [2.05, 4.69) is 4.74 Å². The van der Waals surface area contributed by atoms with Crippen molar-refractivity contribution in [3.8, 4) is 22.6 Å². The molecule has 0 aliphatic heterocycles. The Balaban J connectivity index is 2.33. The van der Waals surface area contributed by atoms with E-state index in [-0.39, 0.29) is 16.5 Å². The molecule has 0 bridgehead atoms. The monoisotopic (exact) mass is 320 g/mol. The number of ether oxygens (including phenoxy) is 2. The Labute approximate surface area is 122 Å². The summed E-state index contributed by atoms with van der Waals surface area (Å²) in [6.45, 7) is 0. The van der Waals surface area contributed by atoms with Gasteiger partial charge in [0.1, 0.15) is 5.75 Å². The van der Waals surface area contributed by atoms with Gasteiger partial charge in [0.15, 0.2) is 11.6 Å². The second kappa shape index (κ2) is 5.81. The fourth-order valence-electron chi connectivity index (χ4n) is 1.73. The first-order chi connectivity index (χ1) is 9.80. The van der Waals surface area contributed by atoms with Crippen molar-refractivity contribution in [3.05, 3.63) is 47.2 Å². The highest BCUT2D eigenvalue weighted by Crippen LogP contribution is 2.33. The SMILES string of the molecule is COc1cc(-c2ccc(OC(F)(F)F)cc2)cc(Cl)c1F. The van der Waals surface area contributed by atoms with Crippen LogP contribution in [-0.2, 0) is 0 Å². The first-order valence-electron chi connectivity index (χ1n) is 5.69. The van der Waals surface area contributed by atoms with Gasteiger partial charge in [-0.1, -0.05) is 23.7 Å². The van der Waals surface area contributed by atoms with Crippen LogP contribution in [0.4, 0.5) is 17.6 Å². The van der Waals surface area contributed by atoms with Crippen molar-refractivity contribution >= 4 is 11.6 Å². The Morgan fingerprint density at radius 2 is 1.62 bits per heavy atom. The summed E-state index contributed by atoms with van der Waals surface area (Å²) in [7, 11) is 1.29. The zero-order valence-electron chi connectivity index (χ0n) is 10.7. The molecule has 112 valence electrons. The zero-order valence-corrected chi connectivity index (χ0v) is 11.4. The van der Waals surface area contributed by atoms with Gasteiger partial charge in [0.2, 0.25) is 0 Å². The lowest BCUT2D eigenvalue weighted by molar-refractivity contribution is -0.274. The summed E-state index contributed by atoms with van der Waals surface area (Å²) in [6.07, 6.45) is -4.75. The van der Waals surface area contributed by atoms with Gasteiger partial charge in [0, 0.05) is 0 Å². The normalized spacial score (nSPS) is 11.3. The largest absolute Gasteiger partial charge is 0.573 e. The molecule has 0 aromatic heterocycles. The van der Waals surface area contributed by atoms with Gasteiger partial charge in [0.05, 0.1) is 12.1 Å². The van der Waals surface area contributed by atoms with Gasteiger partial charge >= 0.3 is 6.36 Å². The molecule has 0 spiro atoms. The topological polar surface area (TPSA) is 18.5 Å². The average Bonchev–Trinajstić information content (AvgIpc) is 2.41. The van der Waals surface area contributed by atoms with Crippen molar-refractivity contribution in [1.29, 1.82) is 0 Å². The van der Waals surface area contributed by atoms with Gasteiger partial charge in [-0.25, -0.2) is 4.39 Å². The molecule has 0 fully saturated rings. The number of hydrogen-bond acceptors (Lipinski definition) is 2. The summed E-state index contributed by atoms with van der Waals surface area (Å²) in [5.41, 5.74) is 1.06. The zero-order chi connectivity index (χ0) is 15.6. The van der Waals surface area contributed by atoms with Crippen molar-refractivity contribution in [1.82, 2.24) is 0 Å². The van der Waals surface area contributed by atoms with E-state index < -0.39 is 12.2 Å². The second-order valence-electron chi connectivity index (χ2n) is 4.05. The summed E-state index contributed by atoms with van der Waals surface area (Å²) < 4.78 is 58.3. The summed E-state index contributed by atoms with van der Waals surface area (Å²) >= 11 is 5.74. The Kier molecular flexibility index (Phi) is 4.27. The van der Waals surface area contributed by atoms with E-state index in [4.69, 9.17) is 16.3 Å². The van der Waals surface area contributed by atoms with Gasteiger partial charge in [0.25, 0.3) is 0 Å². The van der Waals surface area contributed by atoms with Crippen molar-refractivity contribution < 1.29 is 27.0 Å². The molecule has 21 heavy (non-hydrogen) atoms. The van der Waals surface area contributed by atoms with Crippen LogP contribution in [0.25, 0.3) is 11.1 Å². The fraction of sp³-hybridized carbons (Fsp3) is 0.143. The van der Waals surface area contributed by atoms with Crippen molar-refractivity contribution in [3.63, 3.8) is 0 Å². The second-order valence-corrected chi connectivity index (χ2v) is 4.45. The van der Waals surface area contributed by atoms with Crippen LogP contribution in [0.2, 0.25) is 5.02 Å². The number of rotatable bonds is 3. The molecule has 0 N–H and O–H groups in total. The smallest absolute Gasteiger partial charge is 0.494 e. The fourth-order valence-corrected chi connectivity index (χ4v) is 1.94. The number of halogens is 5. The molecule has 2 nitrogen and oxygen atoms in total. The standard InChI is InChI=1S/C14H9ClF4O2/c1-20-12-7-9(6-11(15)13(12)16)8-2-4-10(5-3-8)21-14(17,18)19/h2-7H,1H3. The van der Waals surface area contributed by atoms with Gasteiger partial charge in [-0.3, -0.25) is 0 Å². The van der Waals surface area contributed by atoms with Crippen LogP contribution in [0.15, 0.2) is 36.4 Å². The van der Waals surface area contributed by atoms with Gasteiger partial charge in [-0.05, 0) is 35.4 Å². The molecule has 0 amide bonds. The molecule has 0 aliphatic rings. The highest BCUT2D eigenvalue weighted by Gasteiger charge is 2.30. The molecule has 0 radical (unpaired) electrons. The van der Waals surface area contributed by atoms with Crippen LogP contribution >= 0.6 is 11.6 Å². The number of methoxy groups -OCH3 is 1. The summed E-state index contributed by atoms with van der Waals surface area (Å²) in [6, 6.07) is 7.90. The van der Waals surface area contributed by atoms with Crippen LogP contribution in [0.5, 0.6) is 11.5 Å². The van der Waals surface area contributed by atoms with E-state index in [9.17, 15) is 17.6 Å². The van der Waals surface area contributed by atoms with Crippen LogP contribution in [0.3, 0.4) is 0 Å². The summed E-state index contributed by atoms with van der Waals surface area (Å²) in [4.78, 5) is 0. The van der Waals surface area contributed by atoms with Crippen LogP contribution in [-0.4, -0.2) is 13.5 Å². The number of benzene rings is 2. The third kappa shape index (κ3) is 3.78. The summed E-state index contributed by atoms with van der Waals surface area (Å²) in [5.74, 6) is -1.08. The molecule has 2 rings (SSSR count). The van der Waals surface area contributed by atoms with E-state index in [0.29, 0.717) is 11.1 Å². The molecule has 7 heteroatoms. The van der Waals surface area contributed by atoms with E-state index in [1.807, 2.05) is 0 Å². The minimum atomic E-state index is -4.75. The van der Waals surface area contributed by atoms with E-state index in [0.717, 1.165) is 12.1 Å². The predicted molar refractivity (Wildman–Crippen MR) is 70.1 cm³/mol. The molecule has 0 aliphatic carbocycles. The molecule has 0 saturated heterocycles. The van der Waals surface area contributed by atoms with E-state index in [1.165, 1.54) is 31.4 Å². The third-order valence-electron chi connectivity index (χ3n) is 2.64. The average molecular weight is 321 g/mol. The van der Waals surface area contributed by atoms with Gasteiger partial charge < -0.3 is 9.47 Å².